The second-order valence-corrected chi connectivity index (χ2v) is 11.3. The summed E-state index contributed by atoms with van der Waals surface area (Å²) in [7, 11) is 0. The predicted octanol–water partition coefficient (Wildman–Crippen LogP) is 5.17. The number of hydrogen-bond acceptors (Lipinski definition) is 5. The molecule has 2 N–H and O–H groups in total. The summed E-state index contributed by atoms with van der Waals surface area (Å²) in [6.07, 6.45) is 5.41. The van der Waals surface area contributed by atoms with Crippen molar-refractivity contribution in [1.29, 1.82) is 0 Å². The maximum Gasteiger partial charge on any atom is 0.265 e. The standard InChI is InChI=1S/C30H36BrN4O3/c1-3-38-32-28(22-8-10-24(31)11-9-22)23-12-17-34(18-13-23)30(2)15-20-33(21-16-30)29(36)26-14-19-35(37)27-7-5-4-6-25(26)27/h4-11,14,19,32,37H,3,12-13,15-18,20-21H2,1-2H3/q+1. The van der Waals surface area contributed by atoms with E-state index in [0.29, 0.717) is 17.7 Å². The molecule has 2 saturated heterocycles. The van der Waals surface area contributed by atoms with Crippen molar-refractivity contribution in [2.45, 2.75) is 45.1 Å². The van der Waals surface area contributed by atoms with E-state index in [0.717, 1.165) is 77.7 Å². The normalized spacial score (nSPS) is 18.0. The van der Waals surface area contributed by atoms with Gasteiger partial charge in [-0.25, -0.2) is 0 Å². The van der Waals surface area contributed by atoms with Crippen LogP contribution in [0.3, 0.4) is 0 Å². The van der Waals surface area contributed by atoms with Crippen molar-refractivity contribution < 1.29 is 19.6 Å². The molecule has 2 aliphatic rings. The van der Waals surface area contributed by atoms with Gasteiger partial charge in [0.15, 0.2) is 0 Å². The Bertz CT molecular complexity index is 1320. The third-order valence-corrected chi connectivity index (χ3v) is 8.65. The third kappa shape index (κ3) is 5.44. The summed E-state index contributed by atoms with van der Waals surface area (Å²) in [5.41, 5.74) is 8.19. The molecule has 0 atom stereocenters. The highest BCUT2D eigenvalue weighted by atomic mass is 79.9. The zero-order valence-corrected chi connectivity index (χ0v) is 23.7. The topological polar surface area (TPSA) is 68.9 Å². The molecule has 1 aromatic heterocycles. The summed E-state index contributed by atoms with van der Waals surface area (Å²) in [5, 5.41) is 10.9. The number of hydroxylamine groups is 1. The van der Waals surface area contributed by atoms with E-state index in [-0.39, 0.29) is 11.4 Å². The smallest absolute Gasteiger partial charge is 0.265 e. The number of benzene rings is 2. The first-order valence-electron chi connectivity index (χ1n) is 13.4. The van der Waals surface area contributed by atoms with E-state index < -0.39 is 0 Å². The van der Waals surface area contributed by atoms with Crippen LogP contribution in [0.2, 0.25) is 0 Å². The monoisotopic (exact) mass is 579 g/mol. The van der Waals surface area contributed by atoms with Gasteiger partial charge in [-0.1, -0.05) is 40.2 Å². The number of pyridine rings is 1. The Morgan fingerprint density at radius 3 is 2.42 bits per heavy atom. The second kappa shape index (κ2) is 11.4. The van der Waals surface area contributed by atoms with Gasteiger partial charge in [0.2, 0.25) is 6.20 Å². The maximum atomic E-state index is 13.5. The Balaban J connectivity index is 1.25. The number of para-hydroxylation sites is 1. The summed E-state index contributed by atoms with van der Waals surface area (Å²) in [6, 6.07) is 17.6. The first kappa shape index (κ1) is 26.7. The molecule has 2 aromatic carbocycles. The SMILES string of the molecule is CCONC(=C1CCN(C2(C)CCN(C(=O)c3cc[n+](O)c4ccccc34)CC2)CC1)c1ccc(Br)cc1. The Labute approximate surface area is 232 Å². The lowest BCUT2D eigenvalue weighted by Gasteiger charge is -2.48. The van der Waals surface area contributed by atoms with Gasteiger partial charge in [0.1, 0.15) is 0 Å². The number of carbonyl (C=O) groups is 1. The summed E-state index contributed by atoms with van der Waals surface area (Å²) < 4.78 is 2.14. The minimum absolute atomic E-state index is 0.0360. The van der Waals surface area contributed by atoms with Crippen molar-refractivity contribution in [2.75, 3.05) is 32.8 Å². The fourth-order valence-corrected chi connectivity index (χ4v) is 6.01. The number of carbonyl (C=O) groups excluding carboxylic acids is 1. The number of aromatic nitrogens is 1. The van der Waals surface area contributed by atoms with Gasteiger partial charge in [-0.3, -0.25) is 25.2 Å². The van der Waals surface area contributed by atoms with Gasteiger partial charge < -0.3 is 4.90 Å². The van der Waals surface area contributed by atoms with E-state index in [1.54, 1.807) is 12.3 Å². The number of nitrogens with zero attached hydrogens (tertiary/aromatic N) is 3. The summed E-state index contributed by atoms with van der Waals surface area (Å²) in [6.45, 7) is 8.39. The molecule has 200 valence electrons. The van der Waals surface area contributed by atoms with Crippen molar-refractivity contribution in [3.05, 3.63) is 82.0 Å². The number of nitrogens with one attached hydrogen (secondary N) is 1. The molecule has 2 fully saturated rings. The van der Waals surface area contributed by atoms with Crippen LogP contribution >= 0.6 is 15.9 Å². The van der Waals surface area contributed by atoms with Crippen LogP contribution in [0.15, 0.2) is 70.8 Å². The van der Waals surface area contributed by atoms with Crippen LogP contribution in [0, 0.1) is 0 Å². The highest BCUT2D eigenvalue weighted by molar-refractivity contribution is 9.10. The van der Waals surface area contributed by atoms with Gasteiger partial charge in [-0.2, -0.15) is 0 Å². The number of hydrogen-bond donors (Lipinski definition) is 2. The molecule has 1 amide bonds. The molecule has 5 rings (SSSR count). The first-order chi connectivity index (χ1) is 18.4. The molecule has 0 spiro atoms. The van der Waals surface area contributed by atoms with E-state index >= 15 is 0 Å². The minimum Gasteiger partial charge on any atom is -0.338 e. The Morgan fingerprint density at radius 1 is 1.05 bits per heavy atom. The third-order valence-electron chi connectivity index (χ3n) is 8.12. The zero-order valence-electron chi connectivity index (χ0n) is 22.1. The fourth-order valence-electron chi connectivity index (χ4n) is 5.74. The fraction of sp³-hybridized carbons (Fsp3) is 0.400. The van der Waals surface area contributed by atoms with Crippen LogP contribution in [0.25, 0.3) is 16.6 Å². The molecular weight excluding hydrogens is 544 g/mol. The van der Waals surface area contributed by atoms with E-state index in [1.165, 1.54) is 5.57 Å². The highest BCUT2D eigenvalue weighted by Crippen LogP contribution is 2.35. The van der Waals surface area contributed by atoms with Crippen LogP contribution in [0.5, 0.6) is 0 Å². The van der Waals surface area contributed by atoms with Crippen LogP contribution < -0.4 is 10.2 Å². The first-order valence-corrected chi connectivity index (χ1v) is 14.2. The molecule has 0 bridgehead atoms. The molecule has 0 unspecified atom stereocenters. The molecule has 2 aliphatic heterocycles. The van der Waals surface area contributed by atoms with Crippen molar-refractivity contribution in [3.8, 4) is 0 Å². The largest absolute Gasteiger partial charge is 0.338 e. The van der Waals surface area contributed by atoms with E-state index in [2.05, 4.69) is 57.5 Å². The molecule has 0 aliphatic carbocycles. The number of rotatable bonds is 6. The molecule has 8 heteroatoms. The number of halogens is 1. The predicted molar refractivity (Wildman–Crippen MR) is 152 cm³/mol. The lowest BCUT2D eigenvalue weighted by Crippen LogP contribution is -2.56. The molecule has 0 saturated carbocycles. The average Bonchev–Trinajstić information content (AvgIpc) is 2.95. The van der Waals surface area contributed by atoms with Crippen LogP contribution in [-0.4, -0.2) is 59.2 Å². The molecule has 0 radical (unpaired) electrons. The molecule has 3 heterocycles. The van der Waals surface area contributed by atoms with E-state index in [1.807, 2.05) is 36.1 Å². The number of fused-ring (bicyclic) bond motifs is 1. The van der Waals surface area contributed by atoms with Gasteiger partial charge in [0.25, 0.3) is 11.4 Å². The van der Waals surface area contributed by atoms with Gasteiger partial charge in [-0.15, -0.1) is 0 Å². The summed E-state index contributed by atoms with van der Waals surface area (Å²) in [5.74, 6) is 0.0360. The summed E-state index contributed by atoms with van der Waals surface area (Å²) >= 11 is 3.53. The van der Waals surface area contributed by atoms with Crippen molar-refractivity contribution in [3.63, 3.8) is 0 Å². The van der Waals surface area contributed by atoms with Gasteiger partial charge in [0.05, 0.1) is 23.3 Å². The van der Waals surface area contributed by atoms with E-state index in [9.17, 15) is 10.0 Å². The van der Waals surface area contributed by atoms with E-state index in [4.69, 9.17) is 4.84 Å². The quantitative estimate of drug-likeness (QED) is 0.239. The second-order valence-electron chi connectivity index (χ2n) is 10.4. The minimum atomic E-state index is 0.0360. The Kier molecular flexibility index (Phi) is 8.02. The zero-order chi connectivity index (χ0) is 26.7. The lowest BCUT2D eigenvalue weighted by atomic mass is 9.84. The van der Waals surface area contributed by atoms with Crippen molar-refractivity contribution >= 4 is 38.4 Å². The molecule has 38 heavy (non-hydrogen) atoms. The number of amides is 1. The number of likely N-dealkylation sites (tertiary alicyclic amines) is 2. The lowest BCUT2D eigenvalue weighted by molar-refractivity contribution is -0.884. The number of piperidine rings is 2. The Morgan fingerprint density at radius 2 is 1.74 bits per heavy atom. The van der Waals surface area contributed by atoms with Gasteiger partial charge in [-0.05, 0) is 68.9 Å². The maximum absolute atomic E-state index is 13.5. The Hall–Kier alpha value is -2.94. The highest BCUT2D eigenvalue weighted by Gasteiger charge is 2.38. The average molecular weight is 581 g/mol. The van der Waals surface area contributed by atoms with Gasteiger partial charge in [0, 0.05) is 53.1 Å². The molecular formula is C30H36BrN4O3+. The van der Waals surface area contributed by atoms with Crippen LogP contribution in [0.4, 0.5) is 0 Å². The van der Waals surface area contributed by atoms with Crippen molar-refractivity contribution in [1.82, 2.24) is 15.3 Å². The molecule has 3 aromatic rings. The van der Waals surface area contributed by atoms with Gasteiger partial charge >= 0.3 is 0 Å². The van der Waals surface area contributed by atoms with Crippen LogP contribution in [0.1, 0.15) is 55.5 Å². The molecule has 7 nitrogen and oxygen atoms in total. The van der Waals surface area contributed by atoms with Crippen LogP contribution in [-0.2, 0) is 4.84 Å². The summed E-state index contributed by atoms with van der Waals surface area (Å²) in [4.78, 5) is 23.7. The van der Waals surface area contributed by atoms with Crippen molar-refractivity contribution in [2.24, 2.45) is 0 Å².